The molecule has 2 rings (SSSR count). The Morgan fingerprint density at radius 3 is 2.53 bits per heavy atom. The van der Waals surface area contributed by atoms with Crippen LogP contribution in [-0.2, 0) is 6.54 Å². The van der Waals surface area contributed by atoms with Crippen molar-refractivity contribution in [3.8, 4) is 11.1 Å². The summed E-state index contributed by atoms with van der Waals surface area (Å²) in [4.78, 5) is 0. The highest BCUT2D eigenvalue weighted by Gasteiger charge is 2.08. The van der Waals surface area contributed by atoms with E-state index in [-0.39, 0.29) is 0 Å². The Bertz CT molecular complexity index is 474. The summed E-state index contributed by atoms with van der Waals surface area (Å²) in [5, 5.41) is 0. The number of benzene rings is 1. The first kappa shape index (κ1) is 10.3. The summed E-state index contributed by atoms with van der Waals surface area (Å²) < 4.78 is 3.11. The molecule has 3 heteroatoms. The highest BCUT2D eigenvalue weighted by molar-refractivity contribution is 9.10. The summed E-state index contributed by atoms with van der Waals surface area (Å²) in [6, 6.07) is 10.2. The maximum atomic E-state index is 6.06. The van der Waals surface area contributed by atoms with Crippen molar-refractivity contribution in [3.05, 3.63) is 41.0 Å². The Balaban J connectivity index is 2.55. The Morgan fingerprint density at radius 2 is 1.93 bits per heavy atom. The molecule has 0 aliphatic heterocycles. The van der Waals surface area contributed by atoms with Gasteiger partial charge in [-0.1, -0.05) is 34.1 Å². The van der Waals surface area contributed by atoms with Crippen LogP contribution in [0.15, 0.2) is 41.0 Å². The molecule has 0 fully saturated rings. The number of nitrogen functional groups attached to an aromatic ring is 1. The van der Waals surface area contributed by atoms with Crippen molar-refractivity contribution in [1.82, 2.24) is 4.57 Å². The molecule has 1 aromatic heterocycles. The summed E-state index contributed by atoms with van der Waals surface area (Å²) >= 11 is 3.53. The smallest absolute Gasteiger partial charge is 0.111 e. The molecule has 0 spiro atoms. The average Bonchev–Trinajstić information content (AvgIpc) is 2.60. The van der Waals surface area contributed by atoms with Gasteiger partial charge < -0.3 is 10.3 Å². The van der Waals surface area contributed by atoms with Crippen LogP contribution in [-0.4, -0.2) is 4.57 Å². The zero-order valence-electron chi connectivity index (χ0n) is 8.57. The monoisotopic (exact) mass is 264 g/mol. The Labute approximate surface area is 97.8 Å². The second-order valence-electron chi connectivity index (χ2n) is 3.38. The molecule has 0 amide bonds. The van der Waals surface area contributed by atoms with Gasteiger partial charge in [0.25, 0.3) is 0 Å². The first-order chi connectivity index (χ1) is 7.24. The minimum absolute atomic E-state index is 0.824. The number of rotatable bonds is 2. The summed E-state index contributed by atoms with van der Waals surface area (Å²) in [5.41, 5.74) is 8.29. The predicted molar refractivity (Wildman–Crippen MR) is 67.7 cm³/mol. The Kier molecular flexibility index (Phi) is 2.82. The van der Waals surface area contributed by atoms with Gasteiger partial charge in [0.15, 0.2) is 0 Å². The van der Waals surface area contributed by atoms with E-state index >= 15 is 0 Å². The molecule has 2 aromatic rings. The zero-order valence-corrected chi connectivity index (χ0v) is 10.2. The number of aryl methyl sites for hydroxylation is 1. The lowest BCUT2D eigenvalue weighted by Crippen LogP contribution is -1.99. The molecule has 0 saturated heterocycles. The van der Waals surface area contributed by atoms with Crippen LogP contribution in [0.3, 0.4) is 0 Å². The van der Waals surface area contributed by atoms with Crippen molar-refractivity contribution in [1.29, 1.82) is 0 Å². The third kappa shape index (κ3) is 1.79. The number of nitrogens with two attached hydrogens (primary N) is 1. The average molecular weight is 265 g/mol. The second kappa shape index (κ2) is 4.11. The zero-order chi connectivity index (χ0) is 10.8. The predicted octanol–water partition coefficient (Wildman–Crippen LogP) is 3.52. The first-order valence-corrected chi connectivity index (χ1v) is 5.73. The van der Waals surface area contributed by atoms with Crippen molar-refractivity contribution in [3.63, 3.8) is 0 Å². The van der Waals surface area contributed by atoms with Gasteiger partial charge in [0.2, 0.25) is 0 Å². The molecular weight excluding hydrogens is 252 g/mol. The van der Waals surface area contributed by atoms with E-state index < -0.39 is 0 Å². The maximum Gasteiger partial charge on any atom is 0.111 e. The molecule has 0 aliphatic carbocycles. The van der Waals surface area contributed by atoms with Gasteiger partial charge in [-0.05, 0) is 24.6 Å². The molecule has 0 radical (unpaired) electrons. The molecule has 2 nitrogen and oxygen atoms in total. The SMILES string of the molecule is CCn1ccc(-c2ccccc2Br)c1N. The van der Waals surface area contributed by atoms with Crippen molar-refractivity contribution in [2.45, 2.75) is 13.5 Å². The first-order valence-electron chi connectivity index (χ1n) is 4.93. The molecule has 0 aliphatic rings. The molecule has 0 atom stereocenters. The van der Waals surface area contributed by atoms with Crippen LogP contribution in [0, 0.1) is 0 Å². The van der Waals surface area contributed by atoms with Crippen molar-refractivity contribution < 1.29 is 0 Å². The fourth-order valence-electron chi connectivity index (χ4n) is 1.67. The number of hydrogen-bond acceptors (Lipinski definition) is 1. The van der Waals surface area contributed by atoms with Gasteiger partial charge in [-0.25, -0.2) is 0 Å². The molecule has 0 bridgehead atoms. The van der Waals surface area contributed by atoms with E-state index in [1.165, 1.54) is 0 Å². The summed E-state index contributed by atoms with van der Waals surface area (Å²) in [5.74, 6) is 0.824. The van der Waals surface area contributed by atoms with Crippen LogP contribution in [0.1, 0.15) is 6.92 Å². The van der Waals surface area contributed by atoms with Crippen LogP contribution >= 0.6 is 15.9 Å². The van der Waals surface area contributed by atoms with E-state index in [0.29, 0.717) is 0 Å². The Morgan fingerprint density at radius 1 is 1.20 bits per heavy atom. The molecule has 0 saturated carbocycles. The topological polar surface area (TPSA) is 30.9 Å². The molecular formula is C12H13BrN2. The van der Waals surface area contributed by atoms with E-state index in [2.05, 4.69) is 35.0 Å². The Hall–Kier alpha value is -1.22. The summed E-state index contributed by atoms with van der Waals surface area (Å²) in [6.45, 7) is 2.98. The fraction of sp³-hybridized carbons (Fsp3) is 0.167. The third-order valence-corrected chi connectivity index (χ3v) is 3.20. The van der Waals surface area contributed by atoms with Crippen LogP contribution in [0.5, 0.6) is 0 Å². The van der Waals surface area contributed by atoms with E-state index in [1.807, 2.05) is 29.0 Å². The minimum atomic E-state index is 0.824. The molecule has 78 valence electrons. The number of anilines is 1. The van der Waals surface area contributed by atoms with Crippen molar-refractivity contribution >= 4 is 21.7 Å². The molecule has 1 heterocycles. The normalized spacial score (nSPS) is 10.5. The fourth-order valence-corrected chi connectivity index (χ4v) is 2.17. The number of aromatic nitrogens is 1. The molecule has 1 aromatic carbocycles. The van der Waals surface area contributed by atoms with Gasteiger partial charge in [-0.3, -0.25) is 0 Å². The number of halogens is 1. The van der Waals surface area contributed by atoms with E-state index in [0.717, 1.165) is 28.0 Å². The lowest BCUT2D eigenvalue weighted by Gasteiger charge is -2.05. The van der Waals surface area contributed by atoms with Gasteiger partial charge in [-0.15, -0.1) is 0 Å². The number of hydrogen-bond donors (Lipinski definition) is 1. The highest BCUT2D eigenvalue weighted by atomic mass is 79.9. The third-order valence-electron chi connectivity index (χ3n) is 2.51. The quantitative estimate of drug-likeness (QED) is 0.884. The lowest BCUT2D eigenvalue weighted by molar-refractivity contribution is 0.780. The number of nitrogens with zero attached hydrogens (tertiary/aromatic N) is 1. The maximum absolute atomic E-state index is 6.06. The lowest BCUT2D eigenvalue weighted by atomic mass is 10.1. The van der Waals surface area contributed by atoms with Gasteiger partial charge in [0.1, 0.15) is 5.82 Å². The largest absolute Gasteiger partial charge is 0.385 e. The van der Waals surface area contributed by atoms with Gasteiger partial charge in [0.05, 0.1) is 0 Å². The standard InChI is InChI=1S/C12H13BrN2/c1-2-15-8-7-10(12(15)14)9-5-3-4-6-11(9)13/h3-8H,2,14H2,1H3. The van der Waals surface area contributed by atoms with Gasteiger partial charge >= 0.3 is 0 Å². The van der Waals surface area contributed by atoms with Crippen LogP contribution in [0.2, 0.25) is 0 Å². The van der Waals surface area contributed by atoms with Crippen LogP contribution < -0.4 is 5.73 Å². The summed E-state index contributed by atoms with van der Waals surface area (Å²) in [7, 11) is 0. The van der Waals surface area contributed by atoms with E-state index in [4.69, 9.17) is 5.73 Å². The highest BCUT2D eigenvalue weighted by Crippen LogP contribution is 2.32. The molecule has 15 heavy (non-hydrogen) atoms. The van der Waals surface area contributed by atoms with Gasteiger partial charge in [-0.2, -0.15) is 0 Å². The van der Waals surface area contributed by atoms with E-state index in [1.54, 1.807) is 0 Å². The second-order valence-corrected chi connectivity index (χ2v) is 4.23. The van der Waals surface area contributed by atoms with Gasteiger partial charge in [0, 0.05) is 22.8 Å². The van der Waals surface area contributed by atoms with Crippen LogP contribution in [0.4, 0.5) is 5.82 Å². The van der Waals surface area contributed by atoms with Crippen LogP contribution in [0.25, 0.3) is 11.1 Å². The van der Waals surface area contributed by atoms with E-state index in [9.17, 15) is 0 Å². The minimum Gasteiger partial charge on any atom is -0.385 e. The summed E-state index contributed by atoms with van der Waals surface area (Å²) in [6.07, 6.45) is 2.02. The van der Waals surface area contributed by atoms with Crippen molar-refractivity contribution in [2.24, 2.45) is 0 Å². The van der Waals surface area contributed by atoms with Crippen molar-refractivity contribution in [2.75, 3.05) is 5.73 Å². The molecule has 0 unspecified atom stereocenters. The molecule has 2 N–H and O–H groups in total.